The lowest BCUT2D eigenvalue weighted by Gasteiger charge is -2.05. The quantitative estimate of drug-likeness (QED) is 0.766. The van der Waals surface area contributed by atoms with Gasteiger partial charge in [-0.3, -0.25) is 4.79 Å². The van der Waals surface area contributed by atoms with E-state index in [1.54, 1.807) is 18.2 Å². The first-order valence-corrected chi connectivity index (χ1v) is 6.27. The molecule has 1 amide bonds. The molecule has 1 aromatic heterocycles. The average Bonchev–Trinajstić information content (AvgIpc) is 2.90. The molecule has 0 radical (unpaired) electrons. The summed E-state index contributed by atoms with van der Waals surface area (Å²) >= 11 is 0. The van der Waals surface area contributed by atoms with Crippen LogP contribution in [0.2, 0.25) is 0 Å². The first-order chi connectivity index (χ1) is 9.75. The number of benzene rings is 2. The number of carbonyl (C=O) groups excluding carboxylic acids is 1. The molecule has 2 aromatic carbocycles. The Balaban J connectivity index is 1.79. The van der Waals surface area contributed by atoms with E-state index in [0.29, 0.717) is 16.7 Å². The van der Waals surface area contributed by atoms with Crippen LogP contribution < -0.4 is 5.32 Å². The van der Waals surface area contributed by atoms with Gasteiger partial charge in [-0.05, 0) is 12.1 Å². The molecule has 4 nitrogen and oxygen atoms in total. The van der Waals surface area contributed by atoms with Gasteiger partial charge in [-0.1, -0.05) is 36.4 Å². The summed E-state index contributed by atoms with van der Waals surface area (Å²) in [5, 5.41) is 13.2. The summed E-state index contributed by atoms with van der Waals surface area (Å²) in [6.07, 6.45) is 1.45. The Bertz CT molecular complexity index is 761. The number of phenolic OH excluding ortho intramolecular Hbond substituents is 1. The Kier molecular flexibility index (Phi) is 3.13. The van der Waals surface area contributed by atoms with Crippen molar-refractivity contribution in [1.29, 1.82) is 0 Å². The number of fused-ring (bicyclic) bond motifs is 1. The van der Waals surface area contributed by atoms with E-state index in [0.717, 1.165) is 5.39 Å². The van der Waals surface area contributed by atoms with Crippen LogP contribution in [0.1, 0.15) is 15.9 Å². The van der Waals surface area contributed by atoms with Crippen LogP contribution in [0.3, 0.4) is 0 Å². The summed E-state index contributed by atoms with van der Waals surface area (Å²) < 4.78 is 5.34. The highest BCUT2D eigenvalue weighted by Crippen LogP contribution is 2.21. The fraction of sp³-hybridized carbons (Fsp3) is 0.0625. The van der Waals surface area contributed by atoms with Gasteiger partial charge in [0.15, 0.2) is 0 Å². The van der Waals surface area contributed by atoms with E-state index in [9.17, 15) is 9.90 Å². The second kappa shape index (κ2) is 5.09. The summed E-state index contributed by atoms with van der Waals surface area (Å²) in [6.45, 7) is 0.269. The van der Waals surface area contributed by atoms with Crippen LogP contribution in [0.15, 0.2) is 59.2 Å². The van der Waals surface area contributed by atoms with Crippen LogP contribution in [0.4, 0.5) is 0 Å². The highest BCUT2D eigenvalue weighted by molar-refractivity contribution is 6.05. The molecule has 100 valence electrons. The number of para-hydroxylation sites is 2. The minimum atomic E-state index is -0.224. The Morgan fingerprint density at radius 2 is 1.85 bits per heavy atom. The van der Waals surface area contributed by atoms with Crippen molar-refractivity contribution in [3.63, 3.8) is 0 Å². The minimum Gasteiger partial charge on any atom is -0.508 e. The van der Waals surface area contributed by atoms with E-state index in [1.165, 1.54) is 6.26 Å². The van der Waals surface area contributed by atoms with Gasteiger partial charge in [-0.15, -0.1) is 0 Å². The Morgan fingerprint density at radius 1 is 1.10 bits per heavy atom. The molecule has 4 heteroatoms. The number of nitrogens with one attached hydrogen (secondary N) is 1. The van der Waals surface area contributed by atoms with Crippen molar-refractivity contribution in [3.8, 4) is 5.75 Å². The molecule has 3 aromatic rings. The first kappa shape index (κ1) is 12.3. The predicted octanol–water partition coefficient (Wildman–Crippen LogP) is 3.07. The summed E-state index contributed by atoms with van der Waals surface area (Å²) in [6, 6.07) is 14.3. The molecule has 0 fully saturated rings. The number of amides is 1. The molecule has 0 spiro atoms. The maximum atomic E-state index is 12.2. The van der Waals surface area contributed by atoms with E-state index in [1.807, 2.05) is 30.3 Å². The van der Waals surface area contributed by atoms with Gasteiger partial charge in [0.05, 0.1) is 5.56 Å². The van der Waals surface area contributed by atoms with Gasteiger partial charge >= 0.3 is 0 Å². The van der Waals surface area contributed by atoms with Crippen LogP contribution in [0, 0.1) is 0 Å². The molecule has 0 saturated heterocycles. The van der Waals surface area contributed by atoms with Gasteiger partial charge in [0, 0.05) is 17.5 Å². The SMILES string of the molecule is O=C(NCc1ccccc1O)c1coc2ccccc12. The highest BCUT2D eigenvalue weighted by atomic mass is 16.3. The molecular formula is C16H13NO3. The molecule has 20 heavy (non-hydrogen) atoms. The molecule has 0 saturated carbocycles. The summed E-state index contributed by atoms with van der Waals surface area (Å²) in [5.41, 5.74) is 1.85. The maximum Gasteiger partial charge on any atom is 0.255 e. The lowest BCUT2D eigenvalue weighted by molar-refractivity contribution is 0.0951. The Morgan fingerprint density at radius 3 is 2.70 bits per heavy atom. The first-order valence-electron chi connectivity index (χ1n) is 6.27. The van der Waals surface area contributed by atoms with Crippen molar-refractivity contribution < 1.29 is 14.3 Å². The third-order valence-electron chi connectivity index (χ3n) is 3.16. The zero-order chi connectivity index (χ0) is 13.9. The van der Waals surface area contributed by atoms with E-state index in [4.69, 9.17) is 4.42 Å². The van der Waals surface area contributed by atoms with E-state index in [-0.39, 0.29) is 18.2 Å². The monoisotopic (exact) mass is 267 g/mol. The van der Waals surface area contributed by atoms with E-state index in [2.05, 4.69) is 5.32 Å². The van der Waals surface area contributed by atoms with Crippen LogP contribution >= 0.6 is 0 Å². The molecule has 0 aliphatic carbocycles. The van der Waals surface area contributed by atoms with Crippen molar-refractivity contribution in [2.75, 3.05) is 0 Å². The normalized spacial score (nSPS) is 10.6. The number of hydrogen-bond acceptors (Lipinski definition) is 3. The van der Waals surface area contributed by atoms with Crippen LogP contribution in [0.5, 0.6) is 5.75 Å². The lowest BCUT2D eigenvalue weighted by Crippen LogP contribution is -2.22. The number of hydrogen-bond donors (Lipinski definition) is 2. The van der Waals surface area contributed by atoms with Crippen molar-refractivity contribution >= 4 is 16.9 Å². The summed E-state index contributed by atoms with van der Waals surface area (Å²) in [7, 11) is 0. The fourth-order valence-electron chi connectivity index (χ4n) is 2.08. The Hall–Kier alpha value is -2.75. The van der Waals surface area contributed by atoms with Crippen molar-refractivity contribution in [1.82, 2.24) is 5.32 Å². The third kappa shape index (κ3) is 2.23. The smallest absolute Gasteiger partial charge is 0.255 e. The van der Waals surface area contributed by atoms with Gasteiger partial charge in [-0.25, -0.2) is 0 Å². The standard InChI is InChI=1S/C16H13NO3/c18-14-7-3-1-5-11(14)9-17-16(19)13-10-20-15-8-4-2-6-12(13)15/h1-8,10,18H,9H2,(H,17,19). The van der Waals surface area contributed by atoms with Crippen molar-refractivity contribution in [2.24, 2.45) is 0 Å². The maximum absolute atomic E-state index is 12.2. The predicted molar refractivity (Wildman–Crippen MR) is 75.5 cm³/mol. The van der Waals surface area contributed by atoms with Gasteiger partial charge in [0.2, 0.25) is 0 Å². The van der Waals surface area contributed by atoms with E-state index < -0.39 is 0 Å². The molecule has 0 atom stereocenters. The van der Waals surface area contributed by atoms with Gasteiger partial charge < -0.3 is 14.8 Å². The number of phenols is 1. The Labute approximate surface area is 115 Å². The van der Waals surface area contributed by atoms with E-state index >= 15 is 0 Å². The van der Waals surface area contributed by atoms with Gasteiger partial charge in [-0.2, -0.15) is 0 Å². The highest BCUT2D eigenvalue weighted by Gasteiger charge is 2.13. The minimum absolute atomic E-state index is 0.171. The second-order valence-corrected chi connectivity index (χ2v) is 4.46. The largest absolute Gasteiger partial charge is 0.508 e. The number of carbonyl (C=O) groups is 1. The molecule has 0 unspecified atom stereocenters. The number of rotatable bonds is 3. The van der Waals surface area contributed by atoms with Crippen molar-refractivity contribution in [3.05, 3.63) is 65.9 Å². The summed E-state index contributed by atoms with van der Waals surface area (Å²) in [5.74, 6) is -0.0527. The van der Waals surface area contributed by atoms with Crippen LogP contribution in [-0.2, 0) is 6.54 Å². The number of furan rings is 1. The van der Waals surface area contributed by atoms with Crippen molar-refractivity contribution in [2.45, 2.75) is 6.54 Å². The molecule has 0 aliphatic heterocycles. The summed E-state index contributed by atoms with van der Waals surface area (Å²) in [4.78, 5) is 12.2. The molecule has 0 aliphatic rings. The molecule has 3 rings (SSSR count). The molecular weight excluding hydrogens is 254 g/mol. The van der Waals surface area contributed by atoms with Gasteiger partial charge in [0.25, 0.3) is 5.91 Å². The molecule has 0 bridgehead atoms. The zero-order valence-corrected chi connectivity index (χ0v) is 10.7. The second-order valence-electron chi connectivity index (χ2n) is 4.46. The topological polar surface area (TPSA) is 62.5 Å². The average molecular weight is 267 g/mol. The fourth-order valence-corrected chi connectivity index (χ4v) is 2.08. The third-order valence-corrected chi connectivity index (χ3v) is 3.16. The zero-order valence-electron chi connectivity index (χ0n) is 10.7. The van der Waals surface area contributed by atoms with Crippen LogP contribution in [-0.4, -0.2) is 11.0 Å². The molecule has 1 heterocycles. The van der Waals surface area contributed by atoms with Gasteiger partial charge in [0.1, 0.15) is 17.6 Å². The van der Waals surface area contributed by atoms with Crippen LogP contribution in [0.25, 0.3) is 11.0 Å². The number of aromatic hydroxyl groups is 1. The lowest BCUT2D eigenvalue weighted by atomic mass is 10.1. The molecule has 2 N–H and O–H groups in total.